The maximum atomic E-state index is 10.8. The van der Waals surface area contributed by atoms with Gasteiger partial charge in [-0.2, -0.15) is 0 Å². The molecule has 0 saturated heterocycles. The molecule has 0 aliphatic heterocycles. The van der Waals surface area contributed by atoms with Crippen molar-refractivity contribution in [3.63, 3.8) is 0 Å². The number of hydrogen-bond donors (Lipinski definition) is 1. The normalized spacial score (nSPS) is 9.50. The van der Waals surface area contributed by atoms with Gasteiger partial charge in [0.05, 0.1) is 21.3 Å². The second-order valence-electron chi connectivity index (χ2n) is 2.96. The topological polar surface area (TPSA) is 56.8 Å². The van der Waals surface area contributed by atoms with Crippen LogP contribution in [-0.2, 0) is 4.79 Å². The van der Waals surface area contributed by atoms with Crippen LogP contribution in [0.4, 0.5) is 5.69 Å². The molecular weight excluding hydrogens is 210 g/mol. The van der Waals surface area contributed by atoms with Gasteiger partial charge >= 0.3 is 0 Å². The third-order valence-corrected chi connectivity index (χ3v) is 1.95. The van der Waals surface area contributed by atoms with Gasteiger partial charge in [0.15, 0.2) is 11.5 Å². The maximum Gasteiger partial charge on any atom is 0.224 e. The van der Waals surface area contributed by atoms with E-state index in [4.69, 9.17) is 14.2 Å². The molecule has 0 bridgehead atoms. The van der Waals surface area contributed by atoms with Gasteiger partial charge in [-0.3, -0.25) is 4.79 Å². The third kappa shape index (κ3) is 2.56. The van der Waals surface area contributed by atoms with E-state index in [0.717, 1.165) is 0 Å². The number of rotatable bonds is 4. The summed E-state index contributed by atoms with van der Waals surface area (Å²) < 4.78 is 15.4. The highest BCUT2D eigenvalue weighted by Gasteiger charge is 2.13. The molecule has 0 unspecified atom stereocenters. The number of amides is 1. The molecule has 1 aromatic rings. The van der Waals surface area contributed by atoms with Crippen LogP contribution in [0.15, 0.2) is 12.1 Å². The van der Waals surface area contributed by atoms with Crippen molar-refractivity contribution in [2.45, 2.75) is 0 Å². The van der Waals surface area contributed by atoms with Gasteiger partial charge in [0, 0.05) is 24.7 Å². The minimum atomic E-state index is -0.408. The summed E-state index contributed by atoms with van der Waals surface area (Å²) in [5.41, 5.74) is 0.537. The van der Waals surface area contributed by atoms with Gasteiger partial charge < -0.3 is 19.5 Å². The van der Waals surface area contributed by atoms with E-state index in [9.17, 15) is 4.79 Å². The van der Waals surface area contributed by atoms with Gasteiger partial charge in [-0.05, 0) is 0 Å². The van der Waals surface area contributed by atoms with E-state index in [1.807, 2.05) is 0 Å². The van der Waals surface area contributed by atoms with E-state index in [0.29, 0.717) is 22.9 Å². The first-order chi connectivity index (χ1) is 7.62. The first-order valence-electron chi connectivity index (χ1n) is 4.55. The molecule has 1 amide bonds. The molecule has 1 N–H and O–H groups in total. The van der Waals surface area contributed by atoms with E-state index < -0.39 is 5.91 Å². The van der Waals surface area contributed by atoms with Gasteiger partial charge in [0.1, 0.15) is 0 Å². The molecule has 5 nitrogen and oxygen atoms in total. The number of ether oxygens (including phenoxy) is 3. The summed E-state index contributed by atoms with van der Waals surface area (Å²) in [6.07, 6.45) is 0. The monoisotopic (exact) mass is 224 g/mol. The van der Waals surface area contributed by atoms with Crippen molar-refractivity contribution < 1.29 is 19.0 Å². The SMILES string of the molecule is [CH2]C(=O)Nc1cc(OC)c(OC)c(OC)c1. The molecule has 1 radical (unpaired) electrons. The largest absolute Gasteiger partial charge is 0.493 e. The molecular formula is C11H14NO4. The highest BCUT2D eigenvalue weighted by molar-refractivity contribution is 5.94. The summed E-state index contributed by atoms with van der Waals surface area (Å²) in [4.78, 5) is 10.8. The van der Waals surface area contributed by atoms with E-state index in [1.165, 1.54) is 21.3 Å². The Kier molecular flexibility index (Phi) is 3.99. The average Bonchev–Trinajstić information content (AvgIpc) is 2.26. The lowest BCUT2D eigenvalue weighted by Gasteiger charge is -2.14. The predicted octanol–water partition coefficient (Wildman–Crippen LogP) is 1.48. The summed E-state index contributed by atoms with van der Waals surface area (Å²) >= 11 is 0. The summed E-state index contributed by atoms with van der Waals surface area (Å²) in [5.74, 6) is 1.03. The quantitative estimate of drug-likeness (QED) is 0.841. The van der Waals surface area contributed by atoms with Crippen LogP contribution in [0.3, 0.4) is 0 Å². The number of nitrogens with one attached hydrogen (secondary N) is 1. The van der Waals surface area contributed by atoms with Crippen LogP contribution in [-0.4, -0.2) is 27.2 Å². The number of hydrogen-bond acceptors (Lipinski definition) is 4. The number of carbonyl (C=O) groups excluding carboxylic acids is 1. The lowest BCUT2D eigenvalue weighted by atomic mass is 10.2. The van der Waals surface area contributed by atoms with Crippen molar-refractivity contribution in [2.75, 3.05) is 26.6 Å². The van der Waals surface area contributed by atoms with Crippen LogP contribution in [0.2, 0.25) is 0 Å². The molecule has 0 atom stereocenters. The summed E-state index contributed by atoms with van der Waals surface area (Å²) in [7, 11) is 4.53. The molecule has 0 spiro atoms. The highest BCUT2D eigenvalue weighted by Crippen LogP contribution is 2.39. The Morgan fingerprint density at radius 3 is 1.94 bits per heavy atom. The zero-order chi connectivity index (χ0) is 12.1. The maximum absolute atomic E-state index is 10.8. The second-order valence-corrected chi connectivity index (χ2v) is 2.96. The van der Waals surface area contributed by atoms with Crippen molar-refractivity contribution in [2.24, 2.45) is 0 Å². The zero-order valence-electron chi connectivity index (χ0n) is 9.49. The summed E-state index contributed by atoms with van der Waals surface area (Å²) in [5, 5.41) is 2.54. The molecule has 1 rings (SSSR count). The Morgan fingerprint density at radius 2 is 1.62 bits per heavy atom. The number of benzene rings is 1. The molecule has 0 heterocycles. The van der Waals surface area contributed by atoms with Crippen LogP contribution >= 0.6 is 0 Å². The fourth-order valence-corrected chi connectivity index (χ4v) is 1.31. The predicted molar refractivity (Wildman–Crippen MR) is 60.1 cm³/mol. The Hall–Kier alpha value is -1.91. The zero-order valence-corrected chi connectivity index (χ0v) is 9.49. The van der Waals surface area contributed by atoms with E-state index in [2.05, 4.69) is 12.2 Å². The molecule has 0 saturated carbocycles. The molecule has 0 aromatic heterocycles. The Bertz CT molecular complexity index is 365. The van der Waals surface area contributed by atoms with E-state index in [1.54, 1.807) is 12.1 Å². The molecule has 0 fully saturated rings. The lowest BCUT2D eigenvalue weighted by molar-refractivity contribution is -0.112. The van der Waals surface area contributed by atoms with Crippen LogP contribution < -0.4 is 19.5 Å². The van der Waals surface area contributed by atoms with Crippen LogP contribution in [0.25, 0.3) is 0 Å². The van der Waals surface area contributed by atoms with Crippen molar-refractivity contribution in [3.8, 4) is 17.2 Å². The Balaban J connectivity index is 3.20. The number of methoxy groups -OCH3 is 3. The Morgan fingerprint density at radius 1 is 1.12 bits per heavy atom. The van der Waals surface area contributed by atoms with Gasteiger partial charge in [-0.1, -0.05) is 0 Å². The molecule has 5 heteroatoms. The smallest absolute Gasteiger partial charge is 0.224 e. The van der Waals surface area contributed by atoms with E-state index >= 15 is 0 Å². The van der Waals surface area contributed by atoms with Crippen LogP contribution in [0, 0.1) is 6.92 Å². The molecule has 87 valence electrons. The molecule has 0 aliphatic carbocycles. The molecule has 0 aliphatic rings. The standard InChI is InChI=1S/C11H14NO4/c1-7(13)12-8-5-9(14-2)11(16-4)10(6-8)15-3/h5-6H,1H2,2-4H3,(H,12,13). The number of anilines is 1. The van der Waals surface area contributed by atoms with Gasteiger partial charge in [-0.25, -0.2) is 0 Å². The Labute approximate surface area is 94.3 Å². The van der Waals surface area contributed by atoms with Crippen molar-refractivity contribution in [1.82, 2.24) is 0 Å². The van der Waals surface area contributed by atoms with Crippen molar-refractivity contribution in [1.29, 1.82) is 0 Å². The minimum absolute atomic E-state index is 0.408. The fourth-order valence-electron chi connectivity index (χ4n) is 1.31. The first-order valence-corrected chi connectivity index (χ1v) is 4.55. The molecule has 1 aromatic carbocycles. The van der Waals surface area contributed by atoms with Crippen LogP contribution in [0.5, 0.6) is 17.2 Å². The fraction of sp³-hybridized carbons (Fsp3) is 0.273. The summed E-state index contributed by atoms with van der Waals surface area (Å²) in [6, 6.07) is 3.26. The average molecular weight is 224 g/mol. The van der Waals surface area contributed by atoms with Gasteiger partial charge in [0.2, 0.25) is 11.7 Å². The third-order valence-electron chi connectivity index (χ3n) is 1.95. The van der Waals surface area contributed by atoms with E-state index in [-0.39, 0.29) is 0 Å². The lowest BCUT2D eigenvalue weighted by Crippen LogP contribution is -2.07. The van der Waals surface area contributed by atoms with Gasteiger partial charge in [0.25, 0.3) is 0 Å². The second kappa shape index (κ2) is 5.25. The first kappa shape index (κ1) is 12.2. The van der Waals surface area contributed by atoms with Crippen molar-refractivity contribution >= 4 is 11.6 Å². The summed E-state index contributed by atoms with van der Waals surface area (Å²) in [6.45, 7) is 3.22. The minimum Gasteiger partial charge on any atom is -0.493 e. The number of carbonyl (C=O) groups is 1. The van der Waals surface area contributed by atoms with Crippen LogP contribution in [0.1, 0.15) is 0 Å². The van der Waals surface area contributed by atoms with Gasteiger partial charge in [-0.15, -0.1) is 0 Å². The highest BCUT2D eigenvalue weighted by atomic mass is 16.5. The molecule has 16 heavy (non-hydrogen) atoms. The van der Waals surface area contributed by atoms with Crippen molar-refractivity contribution in [3.05, 3.63) is 19.1 Å².